The molecule has 0 radical (unpaired) electrons. The summed E-state index contributed by atoms with van der Waals surface area (Å²) in [6, 6.07) is 12.1. The summed E-state index contributed by atoms with van der Waals surface area (Å²) in [4.78, 5) is 18.2. The van der Waals surface area contributed by atoms with E-state index in [0.717, 1.165) is 48.4 Å². The Hall–Kier alpha value is -2.53. The summed E-state index contributed by atoms with van der Waals surface area (Å²) in [5, 5.41) is 4.05. The molecule has 1 aliphatic heterocycles. The number of nitrogens with one attached hydrogen (secondary N) is 1. The molecule has 1 fully saturated rings. The van der Waals surface area contributed by atoms with E-state index >= 15 is 0 Å². The molecule has 0 amide bonds. The first kappa shape index (κ1) is 18.8. The Bertz CT molecular complexity index is 1030. The van der Waals surface area contributed by atoms with Crippen LogP contribution in [0, 0.1) is 11.7 Å². The Kier molecular flexibility index (Phi) is 5.27. The van der Waals surface area contributed by atoms with Crippen LogP contribution >= 0.6 is 0 Å². The van der Waals surface area contributed by atoms with Crippen LogP contribution in [0.3, 0.4) is 0 Å². The predicted molar refractivity (Wildman–Crippen MR) is 111 cm³/mol. The van der Waals surface area contributed by atoms with Crippen molar-refractivity contribution >= 4 is 10.9 Å². The van der Waals surface area contributed by atoms with Crippen LogP contribution in [-0.2, 0) is 6.54 Å². The average Bonchev–Trinajstić information content (AvgIpc) is 2.71. The maximum absolute atomic E-state index is 13.4. The lowest BCUT2D eigenvalue weighted by molar-refractivity contribution is 0.327. The zero-order valence-electron chi connectivity index (χ0n) is 16.4. The minimum Gasteiger partial charge on any atom is -0.316 e. The van der Waals surface area contributed by atoms with Gasteiger partial charge >= 0.3 is 0 Å². The molecule has 3 aromatic rings. The summed E-state index contributed by atoms with van der Waals surface area (Å²) < 4.78 is 15.1. The second kappa shape index (κ2) is 7.84. The van der Waals surface area contributed by atoms with Gasteiger partial charge in [0.25, 0.3) is 5.56 Å². The fraction of sp³-hybridized carbons (Fsp3) is 0.391. The second-order valence-electron chi connectivity index (χ2n) is 7.99. The Labute approximate surface area is 164 Å². The lowest BCUT2D eigenvalue weighted by Crippen LogP contribution is -2.36. The molecule has 2 aromatic carbocycles. The van der Waals surface area contributed by atoms with E-state index in [9.17, 15) is 9.18 Å². The van der Waals surface area contributed by atoms with Gasteiger partial charge in [0.2, 0.25) is 0 Å². The highest BCUT2D eigenvalue weighted by atomic mass is 19.1. The van der Waals surface area contributed by atoms with Gasteiger partial charge in [-0.15, -0.1) is 0 Å². The number of hydrogen-bond donors (Lipinski definition) is 1. The predicted octanol–water partition coefficient (Wildman–Crippen LogP) is 4.33. The summed E-state index contributed by atoms with van der Waals surface area (Å²) in [7, 11) is 0. The Morgan fingerprint density at radius 2 is 1.93 bits per heavy atom. The molecule has 0 spiro atoms. The standard InChI is InChI=1S/C23H26FN3O/c1-15(2)22-26-21-10-7-18(17-5-8-19(24)9-6-17)12-20(21)23(28)27(22)14-16-4-3-11-25-13-16/h5-10,12,15-16,25H,3-4,11,13-14H2,1-2H3/t16-/m0/s1. The van der Waals surface area contributed by atoms with Crippen molar-refractivity contribution in [3.63, 3.8) is 0 Å². The summed E-state index contributed by atoms with van der Waals surface area (Å²) in [6.07, 6.45) is 2.27. The number of aromatic nitrogens is 2. The molecular weight excluding hydrogens is 353 g/mol. The van der Waals surface area contributed by atoms with Gasteiger partial charge in [-0.3, -0.25) is 9.36 Å². The molecule has 0 unspecified atom stereocenters. The molecule has 4 nitrogen and oxygen atoms in total. The van der Waals surface area contributed by atoms with Gasteiger partial charge in [-0.05, 0) is 67.2 Å². The van der Waals surface area contributed by atoms with E-state index in [1.807, 2.05) is 22.8 Å². The third kappa shape index (κ3) is 3.72. The van der Waals surface area contributed by atoms with Gasteiger partial charge in [0.05, 0.1) is 10.9 Å². The van der Waals surface area contributed by atoms with E-state index < -0.39 is 0 Å². The van der Waals surface area contributed by atoms with Gasteiger partial charge in [-0.25, -0.2) is 9.37 Å². The number of piperidine rings is 1. The molecule has 1 saturated heterocycles. The molecule has 146 valence electrons. The van der Waals surface area contributed by atoms with E-state index in [4.69, 9.17) is 4.98 Å². The minimum absolute atomic E-state index is 0.0169. The van der Waals surface area contributed by atoms with Gasteiger partial charge in [0, 0.05) is 12.5 Å². The van der Waals surface area contributed by atoms with Crippen molar-refractivity contribution in [1.29, 1.82) is 0 Å². The number of nitrogens with zero attached hydrogens (tertiary/aromatic N) is 2. The highest BCUT2D eigenvalue weighted by molar-refractivity contribution is 5.83. The first-order chi connectivity index (χ1) is 13.5. The fourth-order valence-electron chi connectivity index (χ4n) is 4.02. The van der Waals surface area contributed by atoms with Crippen LogP contribution in [0.5, 0.6) is 0 Å². The van der Waals surface area contributed by atoms with Crippen LogP contribution in [0.25, 0.3) is 22.0 Å². The maximum atomic E-state index is 13.4. The van der Waals surface area contributed by atoms with Gasteiger partial charge in [-0.2, -0.15) is 0 Å². The number of hydrogen-bond acceptors (Lipinski definition) is 3. The van der Waals surface area contributed by atoms with Crippen molar-refractivity contribution in [3.8, 4) is 11.1 Å². The van der Waals surface area contributed by atoms with Crippen LogP contribution in [0.2, 0.25) is 0 Å². The van der Waals surface area contributed by atoms with Crippen LogP contribution in [0.4, 0.5) is 4.39 Å². The topological polar surface area (TPSA) is 46.9 Å². The molecule has 28 heavy (non-hydrogen) atoms. The van der Waals surface area contributed by atoms with Crippen molar-refractivity contribution < 1.29 is 4.39 Å². The number of benzene rings is 2. The molecule has 0 bridgehead atoms. The lowest BCUT2D eigenvalue weighted by Gasteiger charge is -2.25. The molecule has 1 aliphatic rings. The zero-order valence-corrected chi connectivity index (χ0v) is 16.4. The summed E-state index contributed by atoms with van der Waals surface area (Å²) in [5.74, 6) is 1.20. The minimum atomic E-state index is -0.267. The lowest BCUT2D eigenvalue weighted by atomic mass is 9.99. The molecule has 1 N–H and O–H groups in total. The van der Waals surface area contributed by atoms with Crippen molar-refractivity contribution in [2.45, 2.75) is 39.2 Å². The van der Waals surface area contributed by atoms with Crippen LogP contribution in [0.15, 0.2) is 47.3 Å². The van der Waals surface area contributed by atoms with Crippen LogP contribution in [0.1, 0.15) is 38.4 Å². The van der Waals surface area contributed by atoms with Gasteiger partial charge in [0.15, 0.2) is 0 Å². The summed E-state index contributed by atoms with van der Waals surface area (Å²) in [5.41, 5.74) is 2.52. The van der Waals surface area contributed by atoms with Gasteiger partial charge in [-0.1, -0.05) is 32.0 Å². The van der Waals surface area contributed by atoms with E-state index in [0.29, 0.717) is 17.8 Å². The van der Waals surface area contributed by atoms with Crippen LogP contribution in [-0.4, -0.2) is 22.6 Å². The van der Waals surface area contributed by atoms with E-state index in [2.05, 4.69) is 19.2 Å². The smallest absolute Gasteiger partial charge is 0.261 e. The Morgan fingerprint density at radius 3 is 2.61 bits per heavy atom. The monoisotopic (exact) mass is 379 g/mol. The molecule has 4 rings (SSSR count). The van der Waals surface area contributed by atoms with Crippen molar-refractivity contribution in [3.05, 3.63) is 64.5 Å². The first-order valence-corrected chi connectivity index (χ1v) is 10.0. The Balaban J connectivity index is 1.81. The maximum Gasteiger partial charge on any atom is 0.261 e. The number of halogens is 1. The Morgan fingerprint density at radius 1 is 1.18 bits per heavy atom. The highest BCUT2D eigenvalue weighted by Gasteiger charge is 2.19. The molecule has 1 aromatic heterocycles. The quantitative estimate of drug-likeness (QED) is 0.734. The van der Waals surface area contributed by atoms with Crippen molar-refractivity contribution in [2.75, 3.05) is 13.1 Å². The molecule has 5 heteroatoms. The van der Waals surface area contributed by atoms with E-state index in [1.54, 1.807) is 12.1 Å². The first-order valence-electron chi connectivity index (χ1n) is 10.0. The fourth-order valence-corrected chi connectivity index (χ4v) is 4.02. The average molecular weight is 379 g/mol. The zero-order chi connectivity index (χ0) is 19.7. The number of fused-ring (bicyclic) bond motifs is 1. The van der Waals surface area contributed by atoms with E-state index in [1.165, 1.54) is 12.1 Å². The molecule has 0 aliphatic carbocycles. The second-order valence-corrected chi connectivity index (χ2v) is 7.99. The molecular formula is C23H26FN3O. The van der Waals surface area contributed by atoms with Gasteiger partial charge in [0.1, 0.15) is 11.6 Å². The van der Waals surface area contributed by atoms with Gasteiger partial charge < -0.3 is 5.32 Å². The summed E-state index contributed by atoms with van der Waals surface area (Å²) >= 11 is 0. The summed E-state index contributed by atoms with van der Waals surface area (Å²) in [6.45, 7) is 6.85. The highest BCUT2D eigenvalue weighted by Crippen LogP contribution is 2.24. The molecule has 2 heterocycles. The third-order valence-electron chi connectivity index (χ3n) is 5.52. The van der Waals surface area contributed by atoms with Crippen LogP contribution < -0.4 is 10.9 Å². The van der Waals surface area contributed by atoms with Crippen molar-refractivity contribution in [1.82, 2.24) is 14.9 Å². The molecule has 1 atom stereocenters. The number of rotatable bonds is 4. The largest absolute Gasteiger partial charge is 0.316 e. The third-order valence-corrected chi connectivity index (χ3v) is 5.52. The van der Waals surface area contributed by atoms with Crippen molar-refractivity contribution in [2.24, 2.45) is 5.92 Å². The normalized spacial score (nSPS) is 17.4. The molecule has 0 saturated carbocycles. The SMILES string of the molecule is CC(C)c1nc2ccc(-c3ccc(F)cc3)cc2c(=O)n1C[C@H]1CCCNC1. The van der Waals surface area contributed by atoms with E-state index in [-0.39, 0.29) is 17.3 Å².